The van der Waals surface area contributed by atoms with Gasteiger partial charge in [-0.15, -0.1) is 20.5 Å². The third-order valence-corrected chi connectivity index (χ3v) is 9.59. The van der Waals surface area contributed by atoms with Crippen LogP contribution in [0.5, 0.6) is 11.5 Å². The number of amides is 1. The molecule has 1 amide bonds. The molecule has 0 atom stereocenters. The van der Waals surface area contributed by atoms with E-state index in [0.717, 1.165) is 30.3 Å². The summed E-state index contributed by atoms with van der Waals surface area (Å²) in [5.41, 5.74) is 9.91. The third kappa shape index (κ3) is 7.01. The molecule has 18 nitrogen and oxygen atoms in total. The number of anilines is 1. The molecule has 0 aliphatic rings. The van der Waals surface area contributed by atoms with E-state index >= 15 is 0 Å². The largest absolute Gasteiger partial charge is 0.505 e. The molecule has 0 heterocycles. The molecular weight excluding hydrogens is 709 g/mol. The van der Waals surface area contributed by atoms with Crippen molar-refractivity contribution in [3.63, 3.8) is 0 Å². The Labute approximate surface area is 276 Å². The predicted octanol–water partition coefficient (Wildman–Crippen LogP) is 4.96. The van der Waals surface area contributed by atoms with Gasteiger partial charge in [0, 0.05) is 21.7 Å². The number of carbonyl (C=O) groups excluding carboxylic acids is 1. The average molecular weight is 731 g/mol. The maximum atomic E-state index is 12.3. The monoisotopic (exact) mass is 730 g/mol. The number of nitrogen functional groups attached to an aromatic ring is 1. The number of ether oxygens (including phenoxy) is 1. The second-order valence-corrected chi connectivity index (χ2v) is 14.3. The minimum Gasteiger partial charge on any atom is -0.505 e. The Balaban J connectivity index is 1.71. The van der Waals surface area contributed by atoms with Crippen LogP contribution in [-0.4, -0.2) is 57.0 Å². The molecule has 0 aliphatic heterocycles. The van der Waals surface area contributed by atoms with E-state index in [4.69, 9.17) is 16.2 Å². The van der Waals surface area contributed by atoms with Crippen molar-refractivity contribution in [2.24, 2.45) is 26.2 Å². The molecule has 0 saturated heterocycles. The molecule has 0 fully saturated rings. The summed E-state index contributed by atoms with van der Waals surface area (Å²) >= 11 is 0. The van der Waals surface area contributed by atoms with Crippen molar-refractivity contribution in [2.75, 3.05) is 12.8 Å². The zero-order valence-electron chi connectivity index (χ0n) is 24.6. The number of benzene rings is 5. The number of methoxy groups -OCH3 is 1. The Morgan fingerprint density at radius 1 is 0.673 bits per heavy atom. The van der Waals surface area contributed by atoms with Crippen LogP contribution in [-0.2, 0) is 30.4 Å². The zero-order chi connectivity index (χ0) is 36.1. The molecule has 0 aromatic heterocycles. The fourth-order valence-corrected chi connectivity index (χ4v) is 6.47. The lowest BCUT2D eigenvalue weighted by Gasteiger charge is -2.11. The van der Waals surface area contributed by atoms with Crippen LogP contribution in [0.15, 0.2) is 102 Å². The Hall–Kier alpha value is -5.58. The minimum absolute atomic E-state index is 0.0242. The molecule has 8 N–H and O–H groups in total. The number of nitrogens with two attached hydrogens (primary N) is 2. The lowest BCUT2D eigenvalue weighted by atomic mass is 10.1. The number of azo groups is 2. The van der Waals surface area contributed by atoms with Gasteiger partial charge in [0.15, 0.2) is 5.75 Å². The van der Waals surface area contributed by atoms with Gasteiger partial charge in [-0.1, -0.05) is 6.07 Å². The highest BCUT2D eigenvalue weighted by Crippen LogP contribution is 2.44. The summed E-state index contributed by atoms with van der Waals surface area (Å²) < 4.78 is 106. The van der Waals surface area contributed by atoms with Crippen LogP contribution in [0.2, 0.25) is 0 Å². The first-order chi connectivity index (χ1) is 22.8. The number of carbonyl (C=O) groups is 1. The lowest BCUT2D eigenvalue weighted by molar-refractivity contribution is 0.1000. The number of rotatable bonds is 9. The maximum Gasteiger partial charge on any atom is 0.296 e. The van der Waals surface area contributed by atoms with Crippen molar-refractivity contribution < 1.29 is 53.5 Å². The van der Waals surface area contributed by atoms with Gasteiger partial charge in [-0.3, -0.25) is 18.5 Å². The first-order valence-electron chi connectivity index (χ1n) is 13.2. The van der Waals surface area contributed by atoms with Gasteiger partial charge in [0.2, 0.25) is 5.91 Å². The van der Waals surface area contributed by atoms with Crippen molar-refractivity contribution in [1.29, 1.82) is 0 Å². The number of phenolic OH excluding ortho intramolecular Hbond substituents is 1. The fraction of sp³-hybridized carbons (Fsp3) is 0.0357. The van der Waals surface area contributed by atoms with Gasteiger partial charge in [0.05, 0.1) is 29.1 Å². The van der Waals surface area contributed by atoms with Gasteiger partial charge in [0.1, 0.15) is 26.9 Å². The quantitative estimate of drug-likeness (QED) is 0.0664. The molecule has 0 spiro atoms. The SMILES string of the molecule is COc1ccc(C(N)=O)cc1N=Nc1ccc(N=Nc2c(S(=O)(=O)O)cc3cc(S(=O)(=O)O)c(N)cc3c2O)c2cc(S(=O)(=O)O)ccc12. The average Bonchev–Trinajstić information content (AvgIpc) is 3.01. The van der Waals surface area contributed by atoms with E-state index in [1.807, 2.05) is 0 Å². The number of phenols is 1. The summed E-state index contributed by atoms with van der Waals surface area (Å²) in [5, 5.41) is 26.7. The van der Waals surface area contributed by atoms with Crippen molar-refractivity contribution in [1.82, 2.24) is 0 Å². The molecule has 0 unspecified atom stereocenters. The van der Waals surface area contributed by atoms with Gasteiger partial charge < -0.3 is 21.3 Å². The number of hydrogen-bond donors (Lipinski definition) is 6. The van der Waals surface area contributed by atoms with Crippen LogP contribution in [0, 0.1) is 0 Å². The van der Waals surface area contributed by atoms with E-state index in [1.54, 1.807) is 0 Å². The molecule has 254 valence electrons. The molecule has 5 rings (SSSR count). The lowest BCUT2D eigenvalue weighted by Crippen LogP contribution is -2.10. The number of nitrogens with zero attached hydrogens (tertiary/aromatic N) is 4. The normalized spacial score (nSPS) is 12.7. The van der Waals surface area contributed by atoms with Crippen LogP contribution in [0.3, 0.4) is 0 Å². The standard InChI is InChI=1S/C28H22N6O12S3/c1-46-23-7-2-13(28(30)36)8-22(23)33-31-20-5-6-21(18-11-15(47(37,38)39)3-4-16(18)20)32-34-26-25(49(43,44)45)10-14-9-24(48(40,41)42)19(29)12-17(14)27(26)35/h2-12,35H,29H2,1H3,(H2,30,36)(H,37,38,39)(H,40,41,42)(H,43,44,45). The van der Waals surface area contributed by atoms with Crippen LogP contribution >= 0.6 is 0 Å². The molecule has 0 bridgehead atoms. The van der Waals surface area contributed by atoms with Crippen LogP contribution in [0.25, 0.3) is 21.5 Å². The van der Waals surface area contributed by atoms with E-state index in [-0.39, 0.29) is 49.9 Å². The Bertz CT molecular complexity index is 2630. The molecule has 49 heavy (non-hydrogen) atoms. The summed E-state index contributed by atoms with van der Waals surface area (Å²) in [4.78, 5) is 9.27. The number of hydrogen-bond acceptors (Lipinski definition) is 14. The number of aromatic hydroxyl groups is 1. The van der Waals surface area contributed by atoms with Crippen LogP contribution < -0.4 is 16.2 Å². The molecule has 5 aromatic rings. The van der Waals surface area contributed by atoms with Gasteiger partial charge >= 0.3 is 0 Å². The highest BCUT2D eigenvalue weighted by Gasteiger charge is 2.25. The maximum absolute atomic E-state index is 12.3. The van der Waals surface area contributed by atoms with Gasteiger partial charge in [0.25, 0.3) is 30.4 Å². The van der Waals surface area contributed by atoms with Gasteiger partial charge in [-0.05, 0) is 66.0 Å². The summed E-state index contributed by atoms with van der Waals surface area (Å²) in [6, 6.07) is 12.6. The summed E-state index contributed by atoms with van der Waals surface area (Å²) in [6.45, 7) is 0. The van der Waals surface area contributed by atoms with Crippen molar-refractivity contribution in [3.05, 3.63) is 72.3 Å². The highest BCUT2D eigenvalue weighted by molar-refractivity contribution is 7.86. The Morgan fingerprint density at radius 3 is 1.86 bits per heavy atom. The Morgan fingerprint density at radius 2 is 1.27 bits per heavy atom. The summed E-state index contributed by atoms with van der Waals surface area (Å²) in [5.74, 6) is -1.42. The third-order valence-electron chi connectivity index (χ3n) is 6.96. The molecule has 21 heteroatoms. The predicted molar refractivity (Wildman–Crippen MR) is 173 cm³/mol. The van der Waals surface area contributed by atoms with Crippen molar-refractivity contribution >= 4 is 86.2 Å². The van der Waals surface area contributed by atoms with E-state index in [9.17, 15) is 48.8 Å². The van der Waals surface area contributed by atoms with Crippen LogP contribution in [0.1, 0.15) is 10.4 Å². The topological polar surface area (TPSA) is 311 Å². The molecule has 5 aromatic carbocycles. The molecule has 0 radical (unpaired) electrons. The van der Waals surface area contributed by atoms with Crippen molar-refractivity contribution in [2.45, 2.75) is 14.7 Å². The molecular formula is C28H22N6O12S3. The molecule has 0 aliphatic carbocycles. The smallest absolute Gasteiger partial charge is 0.296 e. The second kappa shape index (κ2) is 12.5. The fourth-order valence-electron chi connectivity index (χ4n) is 4.67. The van der Waals surface area contributed by atoms with Gasteiger partial charge in [-0.2, -0.15) is 25.3 Å². The number of primary amides is 1. The second-order valence-electron chi connectivity index (χ2n) is 10.1. The van der Waals surface area contributed by atoms with E-state index in [2.05, 4.69) is 20.5 Å². The first kappa shape index (κ1) is 34.7. The summed E-state index contributed by atoms with van der Waals surface area (Å²) in [6.07, 6.45) is 0. The zero-order valence-corrected chi connectivity index (χ0v) is 27.0. The highest BCUT2D eigenvalue weighted by atomic mass is 32.2. The minimum atomic E-state index is -5.17. The van der Waals surface area contributed by atoms with E-state index in [1.165, 1.54) is 43.5 Å². The van der Waals surface area contributed by atoms with Crippen molar-refractivity contribution in [3.8, 4) is 11.5 Å². The van der Waals surface area contributed by atoms with E-state index in [0.29, 0.717) is 0 Å². The first-order valence-corrected chi connectivity index (χ1v) is 17.5. The van der Waals surface area contributed by atoms with Crippen LogP contribution in [0.4, 0.5) is 28.4 Å². The molecule has 0 saturated carbocycles. The van der Waals surface area contributed by atoms with Gasteiger partial charge in [-0.25, -0.2) is 0 Å². The van der Waals surface area contributed by atoms with E-state index < -0.39 is 68.1 Å². The number of fused-ring (bicyclic) bond motifs is 2. The Kier molecular flexibility index (Phi) is 8.84. The summed E-state index contributed by atoms with van der Waals surface area (Å²) in [7, 11) is -13.4.